The number of carboxylic acids is 1. The second-order valence-electron chi connectivity index (χ2n) is 4.80. The highest BCUT2D eigenvalue weighted by atomic mass is 35.5. The number of pyridine rings is 1. The SMILES string of the molecule is Cc1ccc(-c2cc(=O)c(C(=O)NCC(=O)O)c3nc[nH]n23)s1.Cl. The Hall–Kier alpha value is -2.65. The molecule has 24 heavy (non-hydrogen) atoms. The number of aryl methyl sites for hydroxylation is 1. The minimum Gasteiger partial charge on any atom is -0.480 e. The van der Waals surface area contributed by atoms with Gasteiger partial charge in [-0.2, -0.15) is 0 Å². The van der Waals surface area contributed by atoms with Crippen LogP contribution in [0.25, 0.3) is 16.2 Å². The number of carbonyl (C=O) groups is 2. The van der Waals surface area contributed by atoms with Crippen LogP contribution in [0.1, 0.15) is 15.2 Å². The fraction of sp³-hybridized carbons (Fsp3) is 0.143. The molecule has 0 fully saturated rings. The van der Waals surface area contributed by atoms with E-state index in [1.165, 1.54) is 28.2 Å². The van der Waals surface area contributed by atoms with Crippen LogP contribution in [0.2, 0.25) is 0 Å². The van der Waals surface area contributed by atoms with Crippen LogP contribution >= 0.6 is 23.7 Å². The van der Waals surface area contributed by atoms with Crippen LogP contribution in [-0.4, -0.2) is 38.1 Å². The van der Waals surface area contributed by atoms with Crippen LogP contribution in [0.3, 0.4) is 0 Å². The van der Waals surface area contributed by atoms with E-state index in [0.717, 1.165) is 9.75 Å². The van der Waals surface area contributed by atoms with Gasteiger partial charge in [0.25, 0.3) is 5.91 Å². The van der Waals surface area contributed by atoms with Crippen molar-refractivity contribution in [3.8, 4) is 10.6 Å². The lowest BCUT2D eigenvalue weighted by atomic mass is 10.2. The molecule has 1 amide bonds. The Bertz CT molecular complexity index is 975. The highest BCUT2D eigenvalue weighted by Gasteiger charge is 2.20. The molecule has 10 heteroatoms. The number of carbonyl (C=O) groups excluding carboxylic acids is 1. The Morgan fingerprint density at radius 1 is 1.42 bits per heavy atom. The van der Waals surface area contributed by atoms with Crippen molar-refractivity contribution in [1.82, 2.24) is 19.9 Å². The quantitative estimate of drug-likeness (QED) is 0.641. The minimum atomic E-state index is -1.19. The summed E-state index contributed by atoms with van der Waals surface area (Å²) in [5, 5.41) is 13.7. The van der Waals surface area contributed by atoms with Crippen molar-refractivity contribution in [1.29, 1.82) is 0 Å². The predicted octanol–water partition coefficient (Wildman–Crippen LogP) is 1.30. The molecule has 0 radical (unpaired) electrons. The van der Waals surface area contributed by atoms with Crippen molar-refractivity contribution in [2.75, 3.05) is 6.54 Å². The predicted molar refractivity (Wildman–Crippen MR) is 91.1 cm³/mol. The highest BCUT2D eigenvalue weighted by Crippen LogP contribution is 2.27. The van der Waals surface area contributed by atoms with Crippen molar-refractivity contribution in [2.24, 2.45) is 0 Å². The molecule has 3 rings (SSSR count). The van der Waals surface area contributed by atoms with Gasteiger partial charge in [0.2, 0.25) is 0 Å². The Kier molecular flexibility index (Phi) is 5.05. The van der Waals surface area contributed by atoms with Crippen molar-refractivity contribution in [2.45, 2.75) is 6.92 Å². The summed E-state index contributed by atoms with van der Waals surface area (Å²) in [5.74, 6) is -1.96. The molecular weight excluding hydrogens is 356 g/mol. The van der Waals surface area contributed by atoms with Crippen molar-refractivity contribution >= 4 is 41.3 Å². The third-order valence-corrected chi connectivity index (χ3v) is 4.21. The standard InChI is InChI=1S/C14H12N4O4S.ClH/c1-7-2-3-10(23-7)8-4-9(19)12(13-16-6-17-18(8)13)14(22)15-5-11(20)21;/h2-4,6H,5H2,1H3,(H,15,22)(H,16,17)(H,20,21);1H. The highest BCUT2D eigenvalue weighted by molar-refractivity contribution is 7.15. The van der Waals surface area contributed by atoms with E-state index in [0.29, 0.717) is 5.69 Å². The number of nitrogens with one attached hydrogen (secondary N) is 2. The minimum absolute atomic E-state index is 0. The number of thiophene rings is 1. The zero-order chi connectivity index (χ0) is 16.6. The van der Waals surface area contributed by atoms with Gasteiger partial charge in [0.1, 0.15) is 18.4 Å². The monoisotopic (exact) mass is 368 g/mol. The van der Waals surface area contributed by atoms with E-state index < -0.39 is 23.9 Å². The van der Waals surface area contributed by atoms with Gasteiger partial charge in [0.15, 0.2) is 11.1 Å². The third kappa shape index (κ3) is 3.17. The first-order chi connectivity index (χ1) is 11.0. The first kappa shape index (κ1) is 17.7. The molecule has 0 aliphatic rings. The number of hydrogen-bond donors (Lipinski definition) is 3. The van der Waals surface area contributed by atoms with E-state index >= 15 is 0 Å². The third-order valence-electron chi connectivity index (χ3n) is 3.18. The van der Waals surface area contributed by atoms with Gasteiger partial charge in [-0.25, -0.2) is 9.50 Å². The number of H-pyrrole nitrogens is 1. The number of aliphatic carboxylic acids is 1. The summed E-state index contributed by atoms with van der Waals surface area (Å²) >= 11 is 1.51. The van der Waals surface area contributed by atoms with Crippen molar-refractivity contribution in [3.63, 3.8) is 0 Å². The summed E-state index contributed by atoms with van der Waals surface area (Å²) in [5.41, 5.74) is 0.0439. The molecular formula is C14H13ClN4O4S. The maximum atomic E-state index is 12.3. The van der Waals surface area contributed by atoms with E-state index in [-0.39, 0.29) is 23.6 Å². The smallest absolute Gasteiger partial charge is 0.322 e. The van der Waals surface area contributed by atoms with Gasteiger partial charge in [0, 0.05) is 10.9 Å². The Morgan fingerprint density at radius 2 is 2.17 bits per heavy atom. The number of hydrogen-bond acceptors (Lipinski definition) is 5. The number of rotatable bonds is 4. The average Bonchev–Trinajstić information content (AvgIpc) is 3.12. The fourth-order valence-electron chi connectivity index (χ4n) is 2.21. The lowest BCUT2D eigenvalue weighted by Gasteiger charge is -2.07. The van der Waals surface area contributed by atoms with Crippen LogP contribution in [0.4, 0.5) is 0 Å². The number of aromatic nitrogens is 3. The normalized spacial score (nSPS) is 10.4. The second-order valence-corrected chi connectivity index (χ2v) is 6.09. The fourth-order valence-corrected chi connectivity index (χ4v) is 3.08. The Labute approximate surface area is 145 Å². The molecule has 126 valence electrons. The molecule has 0 aromatic carbocycles. The zero-order valence-electron chi connectivity index (χ0n) is 12.4. The summed E-state index contributed by atoms with van der Waals surface area (Å²) in [6.45, 7) is 1.38. The van der Waals surface area contributed by atoms with E-state index in [2.05, 4.69) is 15.4 Å². The van der Waals surface area contributed by atoms with Gasteiger partial charge in [-0.1, -0.05) is 0 Å². The topological polar surface area (TPSA) is 117 Å². The maximum Gasteiger partial charge on any atom is 0.322 e. The molecule has 0 atom stereocenters. The van der Waals surface area contributed by atoms with E-state index in [1.54, 1.807) is 0 Å². The first-order valence-corrected chi connectivity index (χ1v) is 7.45. The van der Waals surface area contributed by atoms with Crippen molar-refractivity contribution < 1.29 is 14.7 Å². The molecule has 0 unspecified atom stereocenters. The maximum absolute atomic E-state index is 12.3. The van der Waals surface area contributed by atoms with Gasteiger partial charge >= 0.3 is 5.97 Å². The molecule has 3 aromatic heterocycles. The van der Waals surface area contributed by atoms with Crippen LogP contribution in [0.5, 0.6) is 0 Å². The molecule has 0 aliphatic heterocycles. The number of amides is 1. The summed E-state index contributed by atoms with van der Waals surface area (Å²) < 4.78 is 1.53. The lowest BCUT2D eigenvalue weighted by Crippen LogP contribution is -2.33. The summed E-state index contributed by atoms with van der Waals surface area (Å²) in [7, 11) is 0. The Balaban J connectivity index is 0.00000208. The summed E-state index contributed by atoms with van der Waals surface area (Å²) in [6, 6.07) is 5.15. The molecule has 3 heterocycles. The largest absolute Gasteiger partial charge is 0.480 e. The van der Waals surface area contributed by atoms with Gasteiger partial charge in [-0.15, -0.1) is 23.7 Å². The number of nitrogens with zero attached hydrogens (tertiary/aromatic N) is 2. The van der Waals surface area contributed by atoms with Crippen LogP contribution in [0, 0.1) is 6.92 Å². The molecule has 3 N–H and O–H groups in total. The number of aromatic amines is 1. The molecule has 8 nitrogen and oxygen atoms in total. The Morgan fingerprint density at radius 3 is 2.79 bits per heavy atom. The zero-order valence-corrected chi connectivity index (χ0v) is 14.0. The van der Waals surface area contributed by atoms with Gasteiger partial charge in [0.05, 0.1) is 10.6 Å². The van der Waals surface area contributed by atoms with Crippen molar-refractivity contribution in [3.05, 3.63) is 45.2 Å². The van der Waals surface area contributed by atoms with Gasteiger partial charge < -0.3 is 10.4 Å². The molecule has 0 saturated heterocycles. The number of halogens is 1. The molecule has 0 aliphatic carbocycles. The van der Waals surface area contributed by atoms with Gasteiger partial charge in [-0.05, 0) is 19.1 Å². The van der Waals surface area contributed by atoms with E-state index in [9.17, 15) is 14.4 Å². The van der Waals surface area contributed by atoms with Crippen LogP contribution < -0.4 is 10.7 Å². The van der Waals surface area contributed by atoms with Crippen LogP contribution in [-0.2, 0) is 4.79 Å². The summed E-state index contributed by atoms with van der Waals surface area (Å²) in [4.78, 5) is 41.0. The number of carboxylic acid groups (broad SMARTS) is 1. The second kappa shape index (κ2) is 6.85. The lowest BCUT2D eigenvalue weighted by molar-refractivity contribution is -0.135. The van der Waals surface area contributed by atoms with Gasteiger partial charge in [-0.3, -0.25) is 19.5 Å². The van der Waals surface area contributed by atoms with Crippen LogP contribution in [0.15, 0.2) is 29.3 Å². The molecule has 0 saturated carbocycles. The summed E-state index contributed by atoms with van der Waals surface area (Å²) in [6.07, 6.45) is 1.37. The molecule has 0 bridgehead atoms. The molecule has 0 spiro atoms. The first-order valence-electron chi connectivity index (χ1n) is 6.63. The molecule has 3 aromatic rings. The van der Waals surface area contributed by atoms with E-state index in [1.807, 2.05) is 19.1 Å². The average molecular weight is 369 g/mol. The van der Waals surface area contributed by atoms with E-state index in [4.69, 9.17) is 5.11 Å². The number of fused-ring (bicyclic) bond motifs is 1.